The summed E-state index contributed by atoms with van der Waals surface area (Å²) >= 11 is 0. The van der Waals surface area contributed by atoms with Crippen LogP contribution in [0.15, 0.2) is 60.7 Å². The zero-order chi connectivity index (χ0) is 15.1. The Hall–Kier alpha value is -2.13. The lowest BCUT2D eigenvalue weighted by molar-refractivity contribution is -0.130. The molecule has 0 saturated carbocycles. The zero-order valence-corrected chi connectivity index (χ0v) is 12.7. The lowest BCUT2D eigenvalue weighted by Crippen LogP contribution is -2.36. The minimum Gasteiger partial charge on any atom is -0.348 e. The van der Waals surface area contributed by atoms with Crippen LogP contribution < -0.4 is 0 Å². The number of amides is 1. The molecule has 0 aliphatic carbocycles. The van der Waals surface area contributed by atoms with E-state index in [0.29, 0.717) is 6.54 Å². The molecule has 0 radical (unpaired) electrons. The first-order valence-corrected chi connectivity index (χ1v) is 7.15. The highest BCUT2D eigenvalue weighted by atomic mass is 16.2. The molecule has 2 aromatic rings. The second kappa shape index (κ2) is 7.60. The number of carbonyl (C=O) groups is 1. The highest BCUT2D eigenvalue weighted by Crippen LogP contribution is 2.10. The van der Waals surface area contributed by atoms with Gasteiger partial charge in [0, 0.05) is 27.2 Å². The molecule has 0 aliphatic heterocycles. The number of carbonyl (C=O) groups excluding carboxylic acids is 1. The molecule has 0 unspecified atom stereocenters. The van der Waals surface area contributed by atoms with Crippen molar-refractivity contribution < 1.29 is 4.79 Å². The van der Waals surface area contributed by atoms with Crippen molar-refractivity contribution in [2.24, 2.45) is 0 Å². The molecule has 0 atom stereocenters. The van der Waals surface area contributed by atoms with Gasteiger partial charge in [-0.05, 0) is 11.1 Å². The van der Waals surface area contributed by atoms with Crippen LogP contribution in [0.2, 0.25) is 0 Å². The Morgan fingerprint density at radius 1 is 0.810 bits per heavy atom. The molecular weight excluding hydrogens is 260 g/mol. The van der Waals surface area contributed by atoms with E-state index in [1.54, 1.807) is 19.0 Å². The van der Waals surface area contributed by atoms with Crippen molar-refractivity contribution in [2.45, 2.75) is 13.1 Å². The quantitative estimate of drug-likeness (QED) is 0.813. The van der Waals surface area contributed by atoms with Gasteiger partial charge < -0.3 is 4.90 Å². The first-order chi connectivity index (χ1) is 10.1. The SMILES string of the molecule is CN(C)C(=O)CN(Cc1ccccc1)Cc1ccccc1. The highest BCUT2D eigenvalue weighted by molar-refractivity contribution is 5.77. The fourth-order valence-corrected chi connectivity index (χ4v) is 2.18. The number of benzene rings is 2. The van der Waals surface area contributed by atoms with Gasteiger partial charge in [-0.3, -0.25) is 9.69 Å². The van der Waals surface area contributed by atoms with Crippen LogP contribution in [0.3, 0.4) is 0 Å². The van der Waals surface area contributed by atoms with Gasteiger partial charge in [0.1, 0.15) is 0 Å². The Bertz CT molecular complexity index is 510. The average Bonchev–Trinajstić information content (AvgIpc) is 2.49. The van der Waals surface area contributed by atoms with E-state index in [0.717, 1.165) is 13.1 Å². The van der Waals surface area contributed by atoms with Gasteiger partial charge >= 0.3 is 0 Å². The van der Waals surface area contributed by atoms with E-state index in [2.05, 4.69) is 29.2 Å². The molecule has 0 aromatic heterocycles. The van der Waals surface area contributed by atoms with Crippen molar-refractivity contribution in [3.63, 3.8) is 0 Å². The second-order valence-electron chi connectivity index (χ2n) is 5.40. The lowest BCUT2D eigenvalue weighted by Gasteiger charge is -2.23. The van der Waals surface area contributed by atoms with Crippen molar-refractivity contribution >= 4 is 5.91 Å². The van der Waals surface area contributed by atoms with E-state index in [1.165, 1.54) is 11.1 Å². The molecule has 0 saturated heterocycles. The molecule has 0 aliphatic rings. The van der Waals surface area contributed by atoms with E-state index in [9.17, 15) is 4.79 Å². The molecule has 21 heavy (non-hydrogen) atoms. The Labute approximate surface area is 126 Å². The third kappa shape index (κ3) is 5.04. The van der Waals surface area contributed by atoms with Crippen LogP contribution in [0.5, 0.6) is 0 Å². The summed E-state index contributed by atoms with van der Waals surface area (Å²) in [5, 5.41) is 0. The van der Waals surface area contributed by atoms with Gasteiger partial charge in [-0.15, -0.1) is 0 Å². The van der Waals surface area contributed by atoms with Crippen LogP contribution in [0, 0.1) is 0 Å². The standard InChI is InChI=1S/C18H22N2O/c1-19(2)18(21)15-20(13-16-9-5-3-6-10-16)14-17-11-7-4-8-12-17/h3-12H,13-15H2,1-2H3. The smallest absolute Gasteiger partial charge is 0.236 e. The normalized spacial score (nSPS) is 10.6. The summed E-state index contributed by atoms with van der Waals surface area (Å²) in [4.78, 5) is 15.8. The van der Waals surface area contributed by atoms with E-state index in [1.807, 2.05) is 36.4 Å². The average molecular weight is 282 g/mol. The largest absolute Gasteiger partial charge is 0.348 e. The maximum atomic E-state index is 12.0. The first-order valence-electron chi connectivity index (χ1n) is 7.15. The second-order valence-corrected chi connectivity index (χ2v) is 5.40. The topological polar surface area (TPSA) is 23.6 Å². The third-order valence-electron chi connectivity index (χ3n) is 3.36. The molecule has 3 nitrogen and oxygen atoms in total. The van der Waals surface area contributed by atoms with Crippen molar-refractivity contribution in [2.75, 3.05) is 20.6 Å². The fraction of sp³-hybridized carbons (Fsp3) is 0.278. The maximum absolute atomic E-state index is 12.0. The molecule has 0 N–H and O–H groups in total. The van der Waals surface area contributed by atoms with Crippen molar-refractivity contribution in [1.29, 1.82) is 0 Å². The van der Waals surface area contributed by atoms with E-state index in [4.69, 9.17) is 0 Å². The monoisotopic (exact) mass is 282 g/mol. The number of hydrogen-bond acceptors (Lipinski definition) is 2. The van der Waals surface area contributed by atoms with Crippen LogP contribution in [-0.4, -0.2) is 36.3 Å². The van der Waals surface area contributed by atoms with Crippen molar-refractivity contribution in [1.82, 2.24) is 9.80 Å². The van der Waals surface area contributed by atoms with Gasteiger partial charge in [0.25, 0.3) is 0 Å². The van der Waals surface area contributed by atoms with Crippen molar-refractivity contribution in [3.05, 3.63) is 71.8 Å². The molecule has 2 rings (SSSR count). The van der Waals surface area contributed by atoms with Gasteiger partial charge in [-0.25, -0.2) is 0 Å². The Morgan fingerprint density at radius 3 is 1.62 bits per heavy atom. The predicted octanol–water partition coefficient (Wildman–Crippen LogP) is 2.78. The summed E-state index contributed by atoms with van der Waals surface area (Å²) in [5.41, 5.74) is 2.44. The van der Waals surface area contributed by atoms with E-state index >= 15 is 0 Å². The van der Waals surface area contributed by atoms with E-state index in [-0.39, 0.29) is 5.91 Å². The molecule has 110 valence electrons. The molecular formula is C18H22N2O. The fourth-order valence-electron chi connectivity index (χ4n) is 2.18. The summed E-state index contributed by atoms with van der Waals surface area (Å²) in [6, 6.07) is 20.5. The van der Waals surface area contributed by atoms with Gasteiger partial charge in [-0.2, -0.15) is 0 Å². The summed E-state index contributed by atoms with van der Waals surface area (Å²) in [7, 11) is 3.59. The van der Waals surface area contributed by atoms with Crippen LogP contribution in [0.4, 0.5) is 0 Å². The predicted molar refractivity (Wildman–Crippen MR) is 85.7 cm³/mol. The van der Waals surface area contributed by atoms with Gasteiger partial charge in [-0.1, -0.05) is 60.7 Å². The summed E-state index contributed by atoms with van der Waals surface area (Å²) in [6.07, 6.45) is 0. The third-order valence-corrected chi connectivity index (χ3v) is 3.36. The molecule has 0 fully saturated rings. The van der Waals surface area contributed by atoms with Crippen molar-refractivity contribution in [3.8, 4) is 0 Å². The Balaban J connectivity index is 2.08. The summed E-state index contributed by atoms with van der Waals surface area (Å²) in [6.45, 7) is 1.97. The molecule has 0 heterocycles. The highest BCUT2D eigenvalue weighted by Gasteiger charge is 2.13. The van der Waals surface area contributed by atoms with Gasteiger partial charge in [0.05, 0.1) is 6.54 Å². The number of nitrogens with zero attached hydrogens (tertiary/aromatic N) is 2. The van der Waals surface area contributed by atoms with Crippen LogP contribution in [0.25, 0.3) is 0 Å². The zero-order valence-electron chi connectivity index (χ0n) is 12.7. The summed E-state index contributed by atoms with van der Waals surface area (Å²) < 4.78 is 0. The minimum absolute atomic E-state index is 0.127. The van der Waals surface area contributed by atoms with E-state index < -0.39 is 0 Å². The molecule has 0 spiro atoms. The lowest BCUT2D eigenvalue weighted by atomic mass is 10.1. The van der Waals surface area contributed by atoms with Crippen LogP contribution >= 0.6 is 0 Å². The summed E-state index contributed by atoms with van der Waals surface area (Å²) in [5.74, 6) is 0.127. The Morgan fingerprint density at radius 2 is 1.24 bits per heavy atom. The number of likely N-dealkylation sites (N-methyl/N-ethyl adjacent to an activating group) is 1. The van der Waals surface area contributed by atoms with Crippen LogP contribution in [0.1, 0.15) is 11.1 Å². The number of rotatable bonds is 6. The minimum atomic E-state index is 0.127. The molecule has 3 heteroatoms. The molecule has 0 bridgehead atoms. The number of hydrogen-bond donors (Lipinski definition) is 0. The van der Waals surface area contributed by atoms with Gasteiger partial charge in [0.2, 0.25) is 5.91 Å². The molecule has 1 amide bonds. The Kier molecular flexibility index (Phi) is 5.52. The molecule has 2 aromatic carbocycles. The first kappa shape index (κ1) is 15.3. The van der Waals surface area contributed by atoms with Gasteiger partial charge in [0.15, 0.2) is 0 Å². The maximum Gasteiger partial charge on any atom is 0.236 e. The van der Waals surface area contributed by atoms with Crippen LogP contribution in [-0.2, 0) is 17.9 Å².